The Morgan fingerprint density at radius 1 is 1.40 bits per heavy atom. The summed E-state index contributed by atoms with van der Waals surface area (Å²) in [6.45, 7) is 6.42. The fourth-order valence-electron chi connectivity index (χ4n) is 3.76. The first kappa shape index (κ1) is 10.9. The van der Waals surface area contributed by atoms with Crippen LogP contribution in [-0.2, 0) is 9.53 Å². The highest BCUT2D eigenvalue weighted by Gasteiger charge is 2.67. The van der Waals surface area contributed by atoms with Gasteiger partial charge in [-0.15, -0.1) is 0 Å². The molecule has 0 heterocycles. The number of carbonyl (C=O) groups is 1. The predicted octanol–water partition coefficient (Wildman–Crippen LogP) is 1.59. The quantitative estimate of drug-likeness (QED) is 0.671. The van der Waals surface area contributed by atoms with Gasteiger partial charge in [-0.2, -0.15) is 0 Å². The summed E-state index contributed by atoms with van der Waals surface area (Å²) >= 11 is 0. The molecule has 2 fully saturated rings. The summed E-state index contributed by atoms with van der Waals surface area (Å²) in [6, 6.07) is 0. The summed E-state index contributed by atoms with van der Waals surface area (Å²) < 4.78 is 4.80. The number of fused-ring (bicyclic) bond motifs is 2. The van der Waals surface area contributed by atoms with Gasteiger partial charge in [0, 0.05) is 0 Å². The van der Waals surface area contributed by atoms with Crippen LogP contribution < -0.4 is 0 Å². The topological polar surface area (TPSA) is 46.5 Å². The minimum atomic E-state index is -0.543. The minimum Gasteiger partial charge on any atom is -0.469 e. The summed E-state index contributed by atoms with van der Waals surface area (Å²) in [6.07, 6.45) is 1.50. The van der Waals surface area contributed by atoms with Crippen molar-refractivity contribution in [2.24, 2.45) is 22.7 Å². The van der Waals surface area contributed by atoms with E-state index in [0.29, 0.717) is 0 Å². The zero-order valence-electron chi connectivity index (χ0n) is 9.91. The molecule has 3 nitrogen and oxygen atoms in total. The number of hydrogen-bond donors (Lipinski definition) is 1. The molecule has 2 bridgehead atoms. The zero-order valence-corrected chi connectivity index (χ0v) is 9.91. The summed E-state index contributed by atoms with van der Waals surface area (Å²) in [7, 11) is 1.40. The first-order valence-corrected chi connectivity index (χ1v) is 5.62. The fraction of sp³-hybridized carbons (Fsp3) is 0.917. The second kappa shape index (κ2) is 2.97. The van der Waals surface area contributed by atoms with Crippen molar-refractivity contribution in [2.75, 3.05) is 7.11 Å². The number of aliphatic hydroxyl groups is 1. The third kappa shape index (κ3) is 1.07. The molecule has 2 aliphatic carbocycles. The first-order valence-electron chi connectivity index (χ1n) is 5.62. The highest BCUT2D eigenvalue weighted by molar-refractivity contribution is 5.74. The maximum Gasteiger partial charge on any atom is 0.311 e. The largest absolute Gasteiger partial charge is 0.469 e. The van der Waals surface area contributed by atoms with Gasteiger partial charge in [0.25, 0.3) is 0 Å². The van der Waals surface area contributed by atoms with E-state index in [4.69, 9.17) is 4.74 Å². The molecule has 0 unspecified atom stereocenters. The molecule has 2 rings (SSSR count). The van der Waals surface area contributed by atoms with Gasteiger partial charge in [0.05, 0.1) is 19.1 Å². The van der Waals surface area contributed by atoms with E-state index in [1.807, 2.05) is 0 Å². The van der Waals surface area contributed by atoms with E-state index in [9.17, 15) is 9.90 Å². The number of ether oxygens (including phenoxy) is 1. The van der Waals surface area contributed by atoms with Gasteiger partial charge in [-0.25, -0.2) is 0 Å². The highest BCUT2D eigenvalue weighted by atomic mass is 16.5. The number of esters is 1. The molecule has 4 atom stereocenters. The standard InChI is InChI=1S/C12H20O3/c1-11(2)7-5-6-12(11,3)9(13)8(7)10(14)15-4/h7-9,13H,5-6H2,1-4H3/t7-,8-,9+,12+/m1/s1. The van der Waals surface area contributed by atoms with Gasteiger partial charge in [-0.05, 0) is 29.6 Å². The number of carbonyl (C=O) groups excluding carboxylic acids is 1. The minimum absolute atomic E-state index is 0.0330. The van der Waals surface area contributed by atoms with Crippen LogP contribution in [0.5, 0.6) is 0 Å². The lowest BCUT2D eigenvalue weighted by Crippen LogP contribution is -2.40. The summed E-state index contributed by atoms with van der Waals surface area (Å²) in [4.78, 5) is 11.7. The maximum absolute atomic E-state index is 11.7. The van der Waals surface area contributed by atoms with Gasteiger partial charge < -0.3 is 9.84 Å². The average Bonchev–Trinajstić information content (AvgIpc) is 2.48. The Morgan fingerprint density at radius 2 is 2.00 bits per heavy atom. The van der Waals surface area contributed by atoms with Crippen LogP contribution >= 0.6 is 0 Å². The Kier molecular flexibility index (Phi) is 2.16. The highest BCUT2D eigenvalue weighted by Crippen LogP contribution is 2.67. The molecule has 0 aromatic heterocycles. The van der Waals surface area contributed by atoms with Crippen LogP contribution in [0.15, 0.2) is 0 Å². The Hall–Kier alpha value is -0.570. The molecule has 0 aromatic carbocycles. The molecule has 0 radical (unpaired) electrons. The lowest BCUT2D eigenvalue weighted by Gasteiger charge is -2.36. The van der Waals surface area contributed by atoms with E-state index >= 15 is 0 Å². The van der Waals surface area contributed by atoms with Crippen LogP contribution in [0.1, 0.15) is 33.6 Å². The Balaban J connectivity index is 2.38. The Morgan fingerprint density at radius 3 is 2.40 bits per heavy atom. The molecule has 0 aliphatic heterocycles. The molecule has 2 saturated carbocycles. The average molecular weight is 212 g/mol. The van der Waals surface area contributed by atoms with Crippen LogP contribution in [0, 0.1) is 22.7 Å². The number of aliphatic hydroxyl groups excluding tert-OH is 1. The Bertz CT molecular complexity index is 297. The van der Waals surface area contributed by atoms with Crippen molar-refractivity contribution in [3.05, 3.63) is 0 Å². The smallest absolute Gasteiger partial charge is 0.311 e. The molecular formula is C12H20O3. The number of methoxy groups -OCH3 is 1. The molecule has 3 heteroatoms. The van der Waals surface area contributed by atoms with Crippen molar-refractivity contribution in [3.8, 4) is 0 Å². The van der Waals surface area contributed by atoms with E-state index in [0.717, 1.165) is 12.8 Å². The molecule has 15 heavy (non-hydrogen) atoms. The van der Waals surface area contributed by atoms with Crippen molar-refractivity contribution in [1.82, 2.24) is 0 Å². The van der Waals surface area contributed by atoms with Crippen molar-refractivity contribution < 1.29 is 14.6 Å². The van der Waals surface area contributed by atoms with Crippen LogP contribution in [0.25, 0.3) is 0 Å². The van der Waals surface area contributed by atoms with Gasteiger partial charge in [-0.1, -0.05) is 20.8 Å². The monoisotopic (exact) mass is 212 g/mol. The number of hydrogen-bond acceptors (Lipinski definition) is 3. The summed E-state index contributed by atoms with van der Waals surface area (Å²) in [5.74, 6) is -0.294. The van der Waals surface area contributed by atoms with Gasteiger partial charge in [-0.3, -0.25) is 4.79 Å². The third-order valence-electron chi connectivity index (χ3n) is 5.27. The number of rotatable bonds is 1. The molecule has 2 aliphatic rings. The molecule has 1 N–H and O–H groups in total. The third-order valence-corrected chi connectivity index (χ3v) is 5.27. The van der Waals surface area contributed by atoms with Crippen LogP contribution in [0.3, 0.4) is 0 Å². The van der Waals surface area contributed by atoms with Gasteiger partial charge >= 0.3 is 5.97 Å². The molecule has 0 saturated heterocycles. The van der Waals surface area contributed by atoms with E-state index in [1.165, 1.54) is 7.11 Å². The van der Waals surface area contributed by atoms with E-state index in [1.54, 1.807) is 0 Å². The normalized spacial score (nSPS) is 46.9. The molecule has 86 valence electrons. The molecular weight excluding hydrogens is 192 g/mol. The zero-order chi connectivity index (χ0) is 11.4. The van der Waals surface area contributed by atoms with E-state index in [2.05, 4.69) is 20.8 Å². The van der Waals surface area contributed by atoms with Crippen molar-refractivity contribution in [1.29, 1.82) is 0 Å². The van der Waals surface area contributed by atoms with Crippen LogP contribution in [0.4, 0.5) is 0 Å². The lowest BCUT2D eigenvalue weighted by molar-refractivity contribution is -0.153. The lowest BCUT2D eigenvalue weighted by atomic mass is 9.70. The molecule has 0 amide bonds. The molecule has 0 aromatic rings. The molecule has 0 spiro atoms. The summed E-state index contributed by atoms with van der Waals surface area (Å²) in [5.41, 5.74) is -0.0954. The maximum atomic E-state index is 11.7. The Labute approximate surface area is 90.8 Å². The van der Waals surface area contributed by atoms with Crippen LogP contribution in [0.2, 0.25) is 0 Å². The predicted molar refractivity (Wildman–Crippen MR) is 56.1 cm³/mol. The van der Waals surface area contributed by atoms with Gasteiger partial charge in [0.1, 0.15) is 0 Å². The van der Waals surface area contributed by atoms with Crippen molar-refractivity contribution >= 4 is 5.97 Å². The second-order valence-electron chi connectivity index (χ2n) is 5.78. The van der Waals surface area contributed by atoms with E-state index < -0.39 is 6.10 Å². The van der Waals surface area contributed by atoms with Crippen molar-refractivity contribution in [3.63, 3.8) is 0 Å². The van der Waals surface area contributed by atoms with Gasteiger partial charge in [0.15, 0.2) is 0 Å². The van der Waals surface area contributed by atoms with Gasteiger partial charge in [0.2, 0.25) is 0 Å². The SMILES string of the molecule is COC(=O)[C@@H]1[C@H]2CC[C@@](C)([C@H]1O)C2(C)C. The fourth-order valence-corrected chi connectivity index (χ4v) is 3.76. The van der Waals surface area contributed by atoms with E-state index in [-0.39, 0.29) is 28.6 Å². The summed E-state index contributed by atoms with van der Waals surface area (Å²) in [5, 5.41) is 10.3. The first-order chi connectivity index (χ1) is 6.86. The van der Waals surface area contributed by atoms with Crippen LogP contribution in [-0.4, -0.2) is 24.3 Å². The second-order valence-corrected chi connectivity index (χ2v) is 5.78. The van der Waals surface area contributed by atoms with Crippen molar-refractivity contribution in [2.45, 2.75) is 39.7 Å².